The van der Waals surface area contributed by atoms with Crippen molar-refractivity contribution in [2.24, 2.45) is 99.2 Å². The molecule has 2 unspecified atom stereocenters. The SMILES string of the molecule is CC.CC.CC.CC.CC.CC.CC.CC.CC.CC(C)C1=NCCCCC1.CC(C)C1=NCCON1.CC(C)C1=NCON1.CC(C)C1=NOCCCC1.CC(C)C1=NOCCS1.CC(C)C1=NOCO1.CC(C)C1=NOCS1.CC(C)C1COC=NO1.CC(C)C1CON=CO1. The van der Waals surface area contributed by atoms with Gasteiger partial charge in [-0.15, -0.1) is 11.8 Å². The van der Waals surface area contributed by atoms with E-state index in [-0.39, 0.29) is 19.0 Å². The van der Waals surface area contributed by atoms with E-state index in [1.54, 1.807) is 23.5 Å². The van der Waals surface area contributed by atoms with Crippen molar-refractivity contribution < 1.29 is 52.9 Å². The first-order valence-corrected chi connectivity index (χ1v) is 39.8. The van der Waals surface area contributed by atoms with Crippen molar-refractivity contribution in [2.45, 2.75) is 306 Å². The van der Waals surface area contributed by atoms with Crippen LogP contribution >= 0.6 is 23.5 Å². The second-order valence-corrected chi connectivity index (χ2v) is 23.9. The number of amidine groups is 2. The topological polar surface area (TPSA) is 237 Å². The minimum atomic E-state index is 0.134. The largest absolute Gasteiger partial charge is 0.477 e. The molecular formula is C74H159N11O11S2. The Morgan fingerprint density at radius 2 is 0.929 bits per heavy atom. The molecule has 0 amide bonds. The second kappa shape index (κ2) is 88.5. The van der Waals surface area contributed by atoms with Crippen molar-refractivity contribution >= 4 is 75.4 Å². The fraction of sp³-hybridized carbons (Fsp3) is 0.878. The molecule has 24 heteroatoms. The third-order valence-corrected chi connectivity index (χ3v) is 13.9. The van der Waals surface area contributed by atoms with Crippen LogP contribution in [0.1, 0.15) is 294 Å². The van der Waals surface area contributed by atoms with Gasteiger partial charge < -0.3 is 43.2 Å². The number of hydrogen-bond donors (Lipinski definition) is 2. The molecule has 0 radical (unpaired) electrons. The molecular weight excluding hydrogens is 1280 g/mol. The van der Waals surface area contributed by atoms with Crippen molar-refractivity contribution in [2.75, 3.05) is 71.3 Å². The molecule has 588 valence electrons. The van der Waals surface area contributed by atoms with Crippen LogP contribution in [0.15, 0.2) is 45.9 Å². The number of aliphatic imine (C=N–C) groups is 3. The summed E-state index contributed by atoms with van der Waals surface area (Å²) in [6.45, 7) is 80.0. The van der Waals surface area contributed by atoms with E-state index in [0.29, 0.717) is 91.6 Å². The first-order valence-electron chi connectivity index (χ1n) is 37.9. The van der Waals surface area contributed by atoms with Gasteiger partial charge >= 0.3 is 0 Å². The number of hydrogen-bond acceptors (Lipinski definition) is 24. The minimum absolute atomic E-state index is 0.134. The second-order valence-electron chi connectivity index (χ2n) is 21.9. The molecule has 0 saturated carbocycles. The molecule has 9 heterocycles. The van der Waals surface area contributed by atoms with Crippen LogP contribution in [-0.2, 0) is 52.9 Å². The molecule has 0 aromatic carbocycles. The monoisotopic (exact) mass is 1440 g/mol. The molecule has 9 aliphatic heterocycles. The summed E-state index contributed by atoms with van der Waals surface area (Å²) < 4.78 is 15.0. The Labute approximate surface area is 613 Å². The normalized spacial score (nSPS) is 17.3. The Balaban J connectivity index is -0.000000126. The maximum Gasteiger partial charge on any atom is 0.257 e. The Morgan fingerprint density at radius 3 is 1.26 bits per heavy atom. The van der Waals surface area contributed by atoms with E-state index >= 15 is 0 Å². The van der Waals surface area contributed by atoms with Crippen LogP contribution in [0.25, 0.3) is 0 Å². The number of oxime groups is 6. The summed E-state index contributed by atoms with van der Waals surface area (Å²) in [6.07, 6.45) is 11.8. The molecule has 0 aromatic rings. The molecule has 98 heavy (non-hydrogen) atoms. The van der Waals surface area contributed by atoms with E-state index in [2.05, 4.69) is 172 Å². The third-order valence-electron chi connectivity index (χ3n) is 11.6. The smallest absolute Gasteiger partial charge is 0.257 e. The van der Waals surface area contributed by atoms with Gasteiger partial charge in [-0.2, -0.15) is 0 Å². The van der Waals surface area contributed by atoms with Crippen LogP contribution in [-0.4, -0.2) is 135 Å². The number of nitrogens with zero attached hydrogens (tertiary/aromatic N) is 9. The van der Waals surface area contributed by atoms with Crippen LogP contribution in [0.4, 0.5) is 0 Å². The summed E-state index contributed by atoms with van der Waals surface area (Å²) in [5.74, 6) is 8.87. The summed E-state index contributed by atoms with van der Waals surface area (Å²) in [5, 5.41) is 24.6. The van der Waals surface area contributed by atoms with Crippen molar-refractivity contribution in [3.63, 3.8) is 0 Å². The van der Waals surface area contributed by atoms with Crippen LogP contribution in [0.2, 0.25) is 0 Å². The number of rotatable bonds is 9. The predicted molar refractivity (Wildman–Crippen MR) is 432 cm³/mol. The lowest BCUT2D eigenvalue weighted by Gasteiger charge is -2.20. The molecule has 2 atom stereocenters. The fourth-order valence-corrected chi connectivity index (χ4v) is 7.89. The fourth-order valence-electron chi connectivity index (χ4n) is 6.41. The maximum absolute atomic E-state index is 5.12. The van der Waals surface area contributed by atoms with Gasteiger partial charge in [-0.05, 0) is 67.4 Å². The van der Waals surface area contributed by atoms with Gasteiger partial charge in [0.25, 0.3) is 6.79 Å². The Bertz CT molecular complexity index is 1750. The highest BCUT2D eigenvalue weighted by Gasteiger charge is 2.19. The van der Waals surface area contributed by atoms with E-state index in [9.17, 15) is 0 Å². The standard InChI is InChI=1S/C9H17N.C8H15NO.C6H12N2O.2C6H11NO2.C6H11NOS.C5H10N2O.C5H9NO2.C5H9NOS.9C2H6/c1-8(2)9-6-4-3-5-7-10-9;1-7(2)8-5-3-4-6-10-9-8;1-5(2)6-7-3-4-9-8-6;1-5(2)6-3-9-7-4-8-6;1-5(2)6-3-8-4-7-9-6;1-5(2)6-7-8-3-4-9-6;1-4(2)5-6-3-8-7-5;1-4(2)5-6-8-3-7-5;1-4(2)5-6-7-3-8-5;9*1-2/h8H,3-7H2,1-2H3;7H,3-6H2,1-2H3;5H,3-4H2,1-2H3,(H,7,8);2*4-6H,3H2,1-2H3;5H,3-4H2,1-2H3;4H,3H2,1-2H3,(H,6,7);2*4H,3H2,1-2H3;9*1-2H3. The lowest BCUT2D eigenvalue weighted by molar-refractivity contribution is -0.0306. The van der Waals surface area contributed by atoms with Crippen molar-refractivity contribution in [3.05, 3.63) is 0 Å². The van der Waals surface area contributed by atoms with Crippen LogP contribution in [0, 0.1) is 53.3 Å². The highest BCUT2D eigenvalue weighted by Crippen LogP contribution is 2.19. The number of nitrogens with one attached hydrogen (secondary N) is 2. The molecule has 2 N–H and O–H groups in total. The zero-order valence-electron chi connectivity index (χ0n) is 70.1. The summed E-state index contributed by atoms with van der Waals surface area (Å²) >= 11 is 3.47. The molecule has 9 aliphatic rings. The zero-order chi connectivity index (χ0) is 77.5. The van der Waals surface area contributed by atoms with Gasteiger partial charge in [0.2, 0.25) is 18.7 Å². The molecule has 0 aromatic heterocycles. The molecule has 0 saturated heterocycles. The number of ether oxygens (including phenoxy) is 3. The van der Waals surface area contributed by atoms with E-state index < -0.39 is 0 Å². The highest BCUT2D eigenvalue weighted by atomic mass is 32.2. The Kier molecular flexibility index (Phi) is 101. The van der Waals surface area contributed by atoms with E-state index in [1.165, 1.54) is 56.3 Å². The van der Waals surface area contributed by atoms with E-state index in [4.69, 9.17) is 48.1 Å². The summed E-state index contributed by atoms with van der Waals surface area (Å²) in [7, 11) is 0. The average molecular weight is 1440 g/mol. The van der Waals surface area contributed by atoms with Crippen molar-refractivity contribution in [1.29, 1.82) is 0 Å². The Hall–Kier alpha value is -4.55. The quantitative estimate of drug-likeness (QED) is 0.218. The molecule has 0 bridgehead atoms. The summed E-state index contributed by atoms with van der Waals surface area (Å²) in [6, 6.07) is 0. The summed E-state index contributed by atoms with van der Waals surface area (Å²) in [5.41, 5.74) is 8.14. The molecule has 9 rings (SSSR count). The molecule has 0 spiro atoms. The van der Waals surface area contributed by atoms with Crippen LogP contribution in [0.3, 0.4) is 0 Å². The van der Waals surface area contributed by atoms with Gasteiger partial charge in [-0.3, -0.25) is 30.6 Å². The molecule has 22 nitrogen and oxygen atoms in total. The zero-order valence-corrected chi connectivity index (χ0v) is 71.7. The van der Waals surface area contributed by atoms with Gasteiger partial charge in [-0.25, -0.2) is 4.99 Å². The van der Waals surface area contributed by atoms with Gasteiger partial charge in [0, 0.05) is 47.6 Å². The third kappa shape index (κ3) is 71.3. The predicted octanol–water partition coefficient (Wildman–Crippen LogP) is 21.6. The summed E-state index contributed by atoms with van der Waals surface area (Å²) in [4.78, 5) is 51.6. The van der Waals surface area contributed by atoms with E-state index in [1.807, 2.05) is 138 Å². The van der Waals surface area contributed by atoms with Gasteiger partial charge in [0.05, 0.1) is 18.9 Å². The lowest BCUT2D eigenvalue weighted by Crippen LogP contribution is -2.33. The Morgan fingerprint density at radius 1 is 0.408 bits per heavy atom. The van der Waals surface area contributed by atoms with Gasteiger partial charge in [0.15, 0.2) is 25.4 Å². The first kappa shape index (κ1) is 112. The maximum atomic E-state index is 5.12. The van der Waals surface area contributed by atoms with Gasteiger partial charge in [0.1, 0.15) is 47.7 Å². The first-order chi connectivity index (χ1) is 47.2. The molecule has 0 aliphatic carbocycles. The average Bonchev–Trinajstić information content (AvgIpc) is 2.08. The van der Waals surface area contributed by atoms with Crippen molar-refractivity contribution in [3.8, 4) is 0 Å². The van der Waals surface area contributed by atoms with Crippen molar-refractivity contribution in [1.82, 2.24) is 11.0 Å². The lowest BCUT2D eigenvalue weighted by atomic mass is 10.0. The number of hydroxylamine groups is 2. The van der Waals surface area contributed by atoms with E-state index in [0.717, 1.165) is 66.7 Å². The highest BCUT2D eigenvalue weighted by molar-refractivity contribution is 8.14. The number of thioether (sulfide) groups is 2. The van der Waals surface area contributed by atoms with Crippen LogP contribution in [0.5, 0.6) is 0 Å². The minimum Gasteiger partial charge on any atom is -0.477 e. The van der Waals surface area contributed by atoms with Gasteiger partial charge in [-0.1, -0.05) is 293 Å². The van der Waals surface area contributed by atoms with Crippen LogP contribution < -0.4 is 11.0 Å². The molecule has 0 fully saturated rings.